The Morgan fingerprint density at radius 1 is 0.800 bits per heavy atom. The van der Waals surface area contributed by atoms with E-state index in [2.05, 4.69) is 84.6 Å². The van der Waals surface area contributed by atoms with Gasteiger partial charge in [0.25, 0.3) is 0 Å². The van der Waals surface area contributed by atoms with Gasteiger partial charge in [0.15, 0.2) is 0 Å². The molecule has 0 aliphatic rings. The molecule has 0 atom stereocenters. The number of aromatic nitrogens is 1. The van der Waals surface area contributed by atoms with E-state index in [1.165, 1.54) is 39.0 Å². The van der Waals surface area contributed by atoms with Gasteiger partial charge in [-0.25, -0.2) is 0 Å². The van der Waals surface area contributed by atoms with Crippen LogP contribution in [0.3, 0.4) is 0 Å². The van der Waals surface area contributed by atoms with E-state index in [1.54, 1.807) is 0 Å². The molecular formula is C18H18BrN. The Labute approximate surface area is 128 Å². The molecule has 0 saturated carbocycles. The lowest BCUT2D eigenvalue weighted by Crippen LogP contribution is -1.96. The van der Waals surface area contributed by atoms with Crippen molar-refractivity contribution < 1.29 is 0 Å². The second kappa shape index (κ2) is 4.78. The number of nitrogens with zero attached hydrogens (tertiary/aromatic N) is 1. The molecule has 3 rings (SSSR count). The summed E-state index contributed by atoms with van der Waals surface area (Å²) < 4.78 is 3.46. The number of benzene rings is 2. The van der Waals surface area contributed by atoms with Crippen LogP contribution in [0, 0.1) is 27.7 Å². The Hall–Kier alpha value is -1.54. The summed E-state index contributed by atoms with van der Waals surface area (Å²) in [4.78, 5) is 0. The normalized spacial score (nSPS) is 11.2. The Kier molecular flexibility index (Phi) is 3.21. The highest BCUT2D eigenvalue weighted by Crippen LogP contribution is 2.32. The first-order valence-corrected chi connectivity index (χ1v) is 7.63. The predicted octanol–water partition coefficient (Wildman–Crippen LogP) is 5.63. The molecule has 0 spiro atoms. The highest BCUT2D eigenvalue weighted by Gasteiger charge is 2.14. The second-order valence-corrected chi connectivity index (χ2v) is 6.34. The van der Waals surface area contributed by atoms with Crippen molar-refractivity contribution in [2.24, 2.45) is 0 Å². The Balaban J connectivity index is 2.39. The summed E-state index contributed by atoms with van der Waals surface area (Å²) >= 11 is 3.50. The quantitative estimate of drug-likeness (QED) is 0.546. The SMILES string of the molecule is Cc1ccc2c(c1C)c(C)c(C)n2-c1ccc(Br)cc1. The fourth-order valence-corrected chi connectivity index (χ4v) is 3.18. The van der Waals surface area contributed by atoms with Crippen LogP contribution in [-0.2, 0) is 0 Å². The molecule has 0 N–H and O–H groups in total. The number of halogens is 1. The van der Waals surface area contributed by atoms with Crippen molar-refractivity contribution in [2.75, 3.05) is 0 Å². The first kappa shape index (κ1) is 13.4. The lowest BCUT2D eigenvalue weighted by Gasteiger charge is -2.09. The van der Waals surface area contributed by atoms with E-state index in [4.69, 9.17) is 0 Å². The molecule has 0 radical (unpaired) electrons. The van der Waals surface area contributed by atoms with Gasteiger partial charge >= 0.3 is 0 Å². The van der Waals surface area contributed by atoms with Gasteiger partial charge in [-0.3, -0.25) is 0 Å². The van der Waals surface area contributed by atoms with Gasteiger partial charge in [-0.05, 0) is 74.7 Å². The average Bonchev–Trinajstić information content (AvgIpc) is 2.68. The van der Waals surface area contributed by atoms with Gasteiger partial charge < -0.3 is 4.57 Å². The minimum absolute atomic E-state index is 1.11. The molecule has 1 nitrogen and oxygen atoms in total. The van der Waals surface area contributed by atoms with Crippen LogP contribution < -0.4 is 0 Å². The fourth-order valence-electron chi connectivity index (χ4n) is 2.91. The fraction of sp³-hybridized carbons (Fsp3) is 0.222. The largest absolute Gasteiger partial charge is 0.314 e. The van der Waals surface area contributed by atoms with E-state index in [0.717, 1.165) is 4.47 Å². The van der Waals surface area contributed by atoms with Crippen molar-refractivity contribution in [3.8, 4) is 5.69 Å². The number of fused-ring (bicyclic) bond motifs is 1. The van der Waals surface area contributed by atoms with E-state index in [9.17, 15) is 0 Å². The number of hydrogen-bond donors (Lipinski definition) is 0. The van der Waals surface area contributed by atoms with Crippen LogP contribution in [-0.4, -0.2) is 4.57 Å². The van der Waals surface area contributed by atoms with Crippen LogP contribution in [0.25, 0.3) is 16.6 Å². The van der Waals surface area contributed by atoms with Gasteiger partial charge in [0.2, 0.25) is 0 Å². The summed E-state index contributed by atoms with van der Waals surface area (Å²) in [6.07, 6.45) is 0. The van der Waals surface area contributed by atoms with Gasteiger partial charge in [0.1, 0.15) is 0 Å². The summed E-state index contributed by atoms with van der Waals surface area (Å²) in [6.45, 7) is 8.82. The van der Waals surface area contributed by atoms with Crippen molar-refractivity contribution in [1.82, 2.24) is 4.57 Å². The third kappa shape index (κ3) is 1.90. The molecule has 0 bridgehead atoms. The van der Waals surface area contributed by atoms with E-state index in [0.29, 0.717) is 0 Å². The van der Waals surface area contributed by atoms with Crippen molar-refractivity contribution >= 4 is 26.8 Å². The molecule has 2 aromatic carbocycles. The Bertz CT molecular complexity index is 795. The molecule has 102 valence electrons. The molecule has 0 aliphatic carbocycles. The third-order valence-electron chi connectivity index (χ3n) is 4.29. The van der Waals surface area contributed by atoms with Gasteiger partial charge in [-0.2, -0.15) is 0 Å². The van der Waals surface area contributed by atoms with Gasteiger partial charge in [0, 0.05) is 21.2 Å². The Morgan fingerprint density at radius 2 is 1.45 bits per heavy atom. The second-order valence-electron chi connectivity index (χ2n) is 5.42. The van der Waals surface area contributed by atoms with E-state index in [1.807, 2.05) is 0 Å². The molecule has 0 saturated heterocycles. The smallest absolute Gasteiger partial charge is 0.0536 e. The maximum absolute atomic E-state index is 3.50. The summed E-state index contributed by atoms with van der Waals surface area (Å²) in [7, 11) is 0. The molecule has 1 aromatic heterocycles. The first-order chi connectivity index (χ1) is 9.50. The zero-order valence-electron chi connectivity index (χ0n) is 12.3. The van der Waals surface area contributed by atoms with Crippen molar-refractivity contribution in [3.63, 3.8) is 0 Å². The summed E-state index contributed by atoms with van der Waals surface area (Å²) in [5.41, 5.74) is 7.95. The molecule has 20 heavy (non-hydrogen) atoms. The topological polar surface area (TPSA) is 4.93 Å². The molecule has 0 aliphatic heterocycles. The third-order valence-corrected chi connectivity index (χ3v) is 4.82. The molecule has 3 aromatic rings. The van der Waals surface area contributed by atoms with Crippen molar-refractivity contribution in [3.05, 3.63) is 63.3 Å². The van der Waals surface area contributed by atoms with Crippen LogP contribution in [0.1, 0.15) is 22.4 Å². The van der Waals surface area contributed by atoms with E-state index < -0.39 is 0 Å². The minimum Gasteiger partial charge on any atom is -0.314 e. The van der Waals surface area contributed by atoms with Crippen molar-refractivity contribution in [1.29, 1.82) is 0 Å². The van der Waals surface area contributed by atoms with Crippen LogP contribution in [0.15, 0.2) is 40.9 Å². The van der Waals surface area contributed by atoms with Gasteiger partial charge in [-0.15, -0.1) is 0 Å². The molecule has 0 amide bonds. The summed E-state index contributed by atoms with van der Waals surface area (Å²) in [5, 5.41) is 1.39. The first-order valence-electron chi connectivity index (χ1n) is 6.84. The summed E-state index contributed by atoms with van der Waals surface area (Å²) in [6, 6.07) is 13.0. The van der Waals surface area contributed by atoms with E-state index >= 15 is 0 Å². The van der Waals surface area contributed by atoms with E-state index in [-0.39, 0.29) is 0 Å². The molecule has 1 heterocycles. The molecule has 0 fully saturated rings. The average molecular weight is 328 g/mol. The zero-order chi connectivity index (χ0) is 14.4. The summed E-state index contributed by atoms with van der Waals surface area (Å²) in [5.74, 6) is 0. The minimum atomic E-state index is 1.11. The number of rotatable bonds is 1. The molecule has 0 unspecified atom stereocenters. The maximum Gasteiger partial charge on any atom is 0.0536 e. The van der Waals surface area contributed by atoms with Crippen LogP contribution >= 0.6 is 15.9 Å². The number of aryl methyl sites for hydroxylation is 3. The van der Waals surface area contributed by atoms with Crippen LogP contribution in [0.4, 0.5) is 0 Å². The lowest BCUT2D eigenvalue weighted by molar-refractivity contribution is 1.04. The number of hydrogen-bond acceptors (Lipinski definition) is 0. The highest BCUT2D eigenvalue weighted by molar-refractivity contribution is 9.10. The molecular weight excluding hydrogens is 310 g/mol. The Morgan fingerprint density at radius 3 is 2.10 bits per heavy atom. The lowest BCUT2D eigenvalue weighted by atomic mass is 10.0. The van der Waals surface area contributed by atoms with Crippen LogP contribution in [0.5, 0.6) is 0 Å². The maximum atomic E-state index is 3.50. The van der Waals surface area contributed by atoms with Crippen molar-refractivity contribution in [2.45, 2.75) is 27.7 Å². The standard InChI is InChI=1S/C18H18BrN/c1-11-5-10-17-18(12(11)2)13(3)14(4)20(17)16-8-6-15(19)7-9-16/h5-10H,1-4H3. The molecule has 2 heteroatoms. The van der Waals surface area contributed by atoms with Gasteiger partial charge in [0.05, 0.1) is 5.52 Å². The predicted molar refractivity (Wildman–Crippen MR) is 89.9 cm³/mol. The zero-order valence-corrected chi connectivity index (χ0v) is 13.9. The van der Waals surface area contributed by atoms with Gasteiger partial charge in [-0.1, -0.05) is 22.0 Å². The monoisotopic (exact) mass is 327 g/mol. The highest BCUT2D eigenvalue weighted by atomic mass is 79.9. The van der Waals surface area contributed by atoms with Crippen LogP contribution in [0.2, 0.25) is 0 Å².